The highest BCUT2D eigenvalue weighted by molar-refractivity contribution is 8.00. The molecular weight excluding hydrogens is 452 g/mol. The highest BCUT2D eigenvalue weighted by Gasteiger charge is 2.43. The highest BCUT2D eigenvalue weighted by atomic mass is 32.2. The Morgan fingerprint density at radius 2 is 1.69 bits per heavy atom. The van der Waals surface area contributed by atoms with E-state index in [2.05, 4.69) is 10.6 Å². The number of hydrogen-bond donors (Lipinski definition) is 2. The first-order valence-electron chi connectivity index (χ1n) is 10.6. The fraction of sp³-hybridized carbons (Fsp3) is 0.500. The zero-order valence-electron chi connectivity index (χ0n) is 18.6. The summed E-state index contributed by atoms with van der Waals surface area (Å²) in [6.45, 7) is 7.75. The average molecular weight is 481 g/mol. The van der Waals surface area contributed by atoms with Crippen LogP contribution in [-0.2, 0) is 28.6 Å². The first-order chi connectivity index (χ1) is 15.4. The van der Waals surface area contributed by atoms with Crippen LogP contribution in [0, 0.1) is 0 Å². The third-order valence-electron chi connectivity index (χ3n) is 5.03. The SMILES string of the molecule is CCOC(=O)C1=C(C)NC([C@H]2N[C@H](C(=O)OCC)CS2)=C(C(=O)OCC)[C@H]1c1cccs1. The minimum atomic E-state index is -0.631. The lowest BCUT2D eigenvalue weighted by Crippen LogP contribution is -2.43. The number of carbonyl (C=O) groups is 3. The van der Waals surface area contributed by atoms with E-state index in [1.807, 2.05) is 17.5 Å². The lowest BCUT2D eigenvalue weighted by atomic mass is 9.84. The number of esters is 3. The van der Waals surface area contributed by atoms with E-state index in [0.717, 1.165) is 4.88 Å². The van der Waals surface area contributed by atoms with Crippen LogP contribution in [0.3, 0.4) is 0 Å². The van der Waals surface area contributed by atoms with Gasteiger partial charge in [-0.3, -0.25) is 10.1 Å². The molecular formula is C22H28N2O6S2. The molecule has 0 aliphatic carbocycles. The molecule has 0 unspecified atom stereocenters. The van der Waals surface area contributed by atoms with Crippen molar-refractivity contribution in [1.82, 2.24) is 10.6 Å². The van der Waals surface area contributed by atoms with Crippen LogP contribution in [0.25, 0.3) is 0 Å². The molecule has 10 heteroatoms. The van der Waals surface area contributed by atoms with E-state index in [1.54, 1.807) is 27.7 Å². The predicted molar refractivity (Wildman–Crippen MR) is 123 cm³/mol. The molecule has 174 valence electrons. The van der Waals surface area contributed by atoms with Gasteiger partial charge in [-0.05, 0) is 39.1 Å². The van der Waals surface area contributed by atoms with Gasteiger partial charge in [-0.1, -0.05) is 6.07 Å². The second-order valence-corrected chi connectivity index (χ2v) is 9.18. The van der Waals surface area contributed by atoms with Gasteiger partial charge in [0.2, 0.25) is 0 Å². The molecule has 0 aromatic carbocycles. The first-order valence-corrected chi connectivity index (χ1v) is 12.5. The monoisotopic (exact) mass is 480 g/mol. The van der Waals surface area contributed by atoms with Crippen LogP contribution in [0.4, 0.5) is 0 Å². The van der Waals surface area contributed by atoms with Crippen molar-refractivity contribution >= 4 is 41.0 Å². The molecule has 1 aromatic rings. The third kappa shape index (κ3) is 5.02. The molecule has 32 heavy (non-hydrogen) atoms. The topological polar surface area (TPSA) is 103 Å². The fourth-order valence-electron chi connectivity index (χ4n) is 3.73. The van der Waals surface area contributed by atoms with E-state index >= 15 is 0 Å². The molecule has 2 aliphatic heterocycles. The smallest absolute Gasteiger partial charge is 0.336 e. The van der Waals surface area contributed by atoms with E-state index in [9.17, 15) is 14.4 Å². The predicted octanol–water partition coefficient (Wildman–Crippen LogP) is 2.68. The lowest BCUT2D eigenvalue weighted by Gasteiger charge is -2.32. The van der Waals surface area contributed by atoms with Gasteiger partial charge in [0.25, 0.3) is 0 Å². The van der Waals surface area contributed by atoms with Crippen molar-refractivity contribution < 1.29 is 28.6 Å². The molecule has 3 atom stereocenters. The normalized spacial score (nSPS) is 23.1. The summed E-state index contributed by atoms with van der Waals surface area (Å²) in [5, 5.41) is 8.03. The van der Waals surface area contributed by atoms with Gasteiger partial charge in [-0.2, -0.15) is 0 Å². The maximum Gasteiger partial charge on any atom is 0.336 e. The Kier molecular flexibility index (Phi) is 8.38. The van der Waals surface area contributed by atoms with Crippen LogP contribution in [0.1, 0.15) is 38.5 Å². The molecule has 3 rings (SSSR count). The van der Waals surface area contributed by atoms with Crippen LogP contribution in [-0.4, -0.2) is 54.9 Å². The van der Waals surface area contributed by atoms with Crippen molar-refractivity contribution in [2.75, 3.05) is 25.6 Å². The van der Waals surface area contributed by atoms with Crippen molar-refractivity contribution in [3.8, 4) is 0 Å². The minimum absolute atomic E-state index is 0.195. The summed E-state index contributed by atoms with van der Waals surface area (Å²) in [5.41, 5.74) is 1.92. The van der Waals surface area contributed by atoms with Crippen LogP contribution >= 0.6 is 23.1 Å². The number of thioether (sulfide) groups is 1. The molecule has 0 bridgehead atoms. The van der Waals surface area contributed by atoms with Crippen molar-refractivity contribution in [3.63, 3.8) is 0 Å². The number of hydrogen-bond acceptors (Lipinski definition) is 10. The van der Waals surface area contributed by atoms with Gasteiger partial charge in [-0.15, -0.1) is 23.1 Å². The lowest BCUT2D eigenvalue weighted by molar-refractivity contribution is -0.145. The largest absolute Gasteiger partial charge is 0.465 e. The Morgan fingerprint density at radius 1 is 1.03 bits per heavy atom. The summed E-state index contributed by atoms with van der Waals surface area (Å²) in [7, 11) is 0. The summed E-state index contributed by atoms with van der Waals surface area (Å²) in [5.74, 6) is -1.45. The van der Waals surface area contributed by atoms with E-state index in [-0.39, 0.29) is 24.6 Å². The number of ether oxygens (including phenoxy) is 3. The number of thiophene rings is 1. The van der Waals surface area contributed by atoms with Crippen LogP contribution in [0.15, 0.2) is 40.1 Å². The number of allylic oxidation sites excluding steroid dienone is 1. The van der Waals surface area contributed by atoms with Crippen molar-refractivity contribution in [2.24, 2.45) is 0 Å². The molecule has 2 N–H and O–H groups in total. The van der Waals surface area contributed by atoms with Gasteiger partial charge < -0.3 is 19.5 Å². The molecule has 2 aliphatic rings. The van der Waals surface area contributed by atoms with Gasteiger partial charge in [0, 0.05) is 16.3 Å². The standard InChI is InChI=1S/C22H28N2O6S2/c1-5-28-20(25)13-11-32-19(24-13)18-17(22(27)30-7-3)16(14-9-8-10-31-14)15(12(4)23-18)21(26)29-6-2/h8-10,13,16,19,23-24H,5-7,11H2,1-4H3/t13-,16-,19-/m0/s1. The van der Waals surface area contributed by atoms with E-state index in [4.69, 9.17) is 14.2 Å². The van der Waals surface area contributed by atoms with Crippen LogP contribution < -0.4 is 10.6 Å². The minimum Gasteiger partial charge on any atom is -0.465 e. The second-order valence-electron chi connectivity index (χ2n) is 7.07. The summed E-state index contributed by atoms with van der Waals surface area (Å²) in [6, 6.07) is 3.28. The Labute approximate surface area is 195 Å². The van der Waals surface area contributed by atoms with Crippen molar-refractivity contribution in [1.29, 1.82) is 0 Å². The number of rotatable bonds is 8. The number of carbonyl (C=O) groups excluding carboxylic acids is 3. The Hall–Kier alpha value is -2.30. The van der Waals surface area contributed by atoms with Gasteiger partial charge in [-0.25, -0.2) is 9.59 Å². The van der Waals surface area contributed by atoms with Gasteiger partial charge in [0.15, 0.2) is 0 Å². The Balaban J connectivity index is 2.07. The zero-order chi connectivity index (χ0) is 23.3. The molecule has 0 radical (unpaired) electrons. The third-order valence-corrected chi connectivity index (χ3v) is 7.20. The molecule has 0 amide bonds. The fourth-order valence-corrected chi connectivity index (χ4v) is 5.81. The van der Waals surface area contributed by atoms with E-state index in [0.29, 0.717) is 34.9 Å². The summed E-state index contributed by atoms with van der Waals surface area (Å²) < 4.78 is 15.9. The highest BCUT2D eigenvalue weighted by Crippen LogP contribution is 2.43. The summed E-state index contributed by atoms with van der Waals surface area (Å²) in [6.07, 6.45) is 0. The van der Waals surface area contributed by atoms with Gasteiger partial charge >= 0.3 is 17.9 Å². The molecule has 1 saturated heterocycles. The molecule has 1 fully saturated rings. The molecule has 0 spiro atoms. The quantitative estimate of drug-likeness (QED) is 0.429. The Morgan fingerprint density at radius 3 is 2.28 bits per heavy atom. The molecule has 1 aromatic heterocycles. The number of nitrogens with one attached hydrogen (secondary N) is 2. The summed E-state index contributed by atoms with van der Waals surface area (Å²) >= 11 is 2.95. The maximum atomic E-state index is 13.2. The van der Waals surface area contributed by atoms with E-state index in [1.165, 1.54) is 23.1 Å². The molecule has 3 heterocycles. The van der Waals surface area contributed by atoms with Crippen molar-refractivity contribution in [2.45, 2.75) is 45.0 Å². The molecule has 8 nitrogen and oxygen atoms in total. The molecule has 0 saturated carbocycles. The van der Waals surface area contributed by atoms with Crippen LogP contribution in [0.2, 0.25) is 0 Å². The first kappa shape index (κ1) is 24.3. The van der Waals surface area contributed by atoms with Gasteiger partial charge in [0.1, 0.15) is 6.04 Å². The Bertz CT molecular complexity index is 925. The second kappa shape index (κ2) is 11.0. The van der Waals surface area contributed by atoms with Crippen molar-refractivity contribution in [3.05, 3.63) is 44.9 Å². The zero-order valence-corrected chi connectivity index (χ0v) is 20.2. The summed E-state index contributed by atoms with van der Waals surface area (Å²) in [4.78, 5) is 39.2. The van der Waals surface area contributed by atoms with Crippen LogP contribution in [0.5, 0.6) is 0 Å². The maximum absolute atomic E-state index is 13.2. The number of dihydropyridines is 1. The van der Waals surface area contributed by atoms with Gasteiger partial charge in [0.05, 0.1) is 48.0 Å². The average Bonchev–Trinajstić information content (AvgIpc) is 3.45. The van der Waals surface area contributed by atoms with E-state index < -0.39 is 23.9 Å².